The van der Waals surface area contributed by atoms with Crippen molar-refractivity contribution in [1.29, 1.82) is 0 Å². The summed E-state index contributed by atoms with van der Waals surface area (Å²) < 4.78 is 0. The molecule has 0 radical (unpaired) electrons. The Morgan fingerprint density at radius 3 is 2.77 bits per heavy atom. The van der Waals surface area contributed by atoms with E-state index in [4.69, 9.17) is 0 Å². The Hall–Kier alpha value is -0.590. The Morgan fingerprint density at radius 1 is 1.54 bits per heavy atom. The molecule has 0 aromatic carbocycles. The van der Waals surface area contributed by atoms with Crippen LogP contribution in [-0.4, -0.2) is 5.78 Å². The highest BCUT2D eigenvalue weighted by Gasteiger charge is 2.22. The van der Waals surface area contributed by atoms with Crippen molar-refractivity contribution in [2.45, 2.75) is 52.9 Å². The molecular weight excluding hydrogens is 160 g/mol. The lowest BCUT2D eigenvalue weighted by molar-refractivity contribution is -0.115. The monoisotopic (exact) mass is 180 g/mol. The van der Waals surface area contributed by atoms with Crippen LogP contribution in [0.1, 0.15) is 52.9 Å². The van der Waals surface area contributed by atoms with Crippen LogP contribution in [-0.2, 0) is 4.79 Å². The van der Waals surface area contributed by atoms with Gasteiger partial charge in [-0.15, -0.1) is 0 Å². The molecule has 0 atom stereocenters. The molecule has 0 aromatic heterocycles. The molecule has 1 heteroatoms. The highest BCUT2D eigenvalue weighted by Crippen LogP contribution is 2.33. The summed E-state index contributed by atoms with van der Waals surface area (Å²) in [5.41, 5.74) is 1.33. The van der Waals surface area contributed by atoms with E-state index in [-0.39, 0.29) is 5.41 Å². The second kappa shape index (κ2) is 4.08. The first kappa shape index (κ1) is 10.5. The zero-order valence-corrected chi connectivity index (χ0v) is 9.02. The Kier molecular flexibility index (Phi) is 3.29. The molecule has 0 saturated heterocycles. The molecule has 0 N–H and O–H groups in total. The molecule has 1 aliphatic rings. The van der Waals surface area contributed by atoms with Gasteiger partial charge in [0.1, 0.15) is 0 Å². The zero-order valence-electron chi connectivity index (χ0n) is 9.02. The second-order valence-electron chi connectivity index (χ2n) is 4.68. The molecule has 0 heterocycles. The average molecular weight is 180 g/mol. The van der Waals surface area contributed by atoms with Crippen LogP contribution in [0.3, 0.4) is 0 Å². The van der Waals surface area contributed by atoms with Gasteiger partial charge >= 0.3 is 0 Å². The van der Waals surface area contributed by atoms with Crippen molar-refractivity contribution in [3.63, 3.8) is 0 Å². The molecule has 0 unspecified atom stereocenters. The van der Waals surface area contributed by atoms with E-state index >= 15 is 0 Å². The standard InChI is InChI=1S/C12H20O/c1-4-6-11(13)10-7-5-8-12(2,3)9-10/h9H,4-8H2,1-3H3. The predicted molar refractivity (Wildman–Crippen MR) is 55.6 cm³/mol. The largest absolute Gasteiger partial charge is 0.295 e. The van der Waals surface area contributed by atoms with Gasteiger partial charge in [0.15, 0.2) is 5.78 Å². The molecule has 0 bridgehead atoms. The van der Waals surface area contributed by atoms with Crippen LogP contribution in [0.4, 0.5) is 0 Å². The summed E-state index contributed by atoms with van der Waals surface area (Å²) in [5.74, 6) is 0.371. The number of carbonyl (C=O) groups excluding carboxylic acids is 1. The van der Waals surface area contributed by atoms with Gasteiger partial charge in [0, 0.05) is 6.42 Å². The van der Waals surface area contributed by atoms with E-state index in [0.29, 0.717) is 5.78 Å². The number of Topliss-reactive ketones (excluding diaryl/α,β-unsaturated/α-hetero) is 1. The van der Waals surface area contributed by atoms with Crippen molar-refractivity contribution >= 4 is 5.78 Å². The Balaban J connectivity index is 2.69. The van der Waals surface area contributed by atoms with Crippen molar-refractivity contribution in [2.24, 2.45) is 5.41 Å². The number of carbonyl (C=O) groups is 1. The maximum absolute atomic E-state index is 11.6. The van der Waals surface area contributed by atoms with Crippen LogP contribution in [0.5, 0.6) is 0 Å². The highest BCUT2D eigenvalue weighted by atomic mass is 16.1. The Labute approximate surface area is 81.2 Å². The first-order valence-electron chi connectivity index (χ1n) is 5.30. The van der Waals surface area contributed by atoms with Crippen molar-refractivity contribution in [3.05, 3.63) is 11.6 Å². The summed E-state index contributed by atoms with van der Waals surface area (Å²) in [6.07, 6.45) is 7.28. The van der Waals surface area contributed by atoms with Crippen molar-refractivity contribution in [3.8, 4) is 0 Å². The van der Waals surface area contributed by atoms with Gasteiger partial charge in [0.25, 0.3) is 0 Å². The molecule has 1 aliphatic carbocycles. The fraction of sp³-hybridized carbons (Fsp3) is 0.750. The Morgan fingerprint density at radius 2 is 2.23 bits per heavy atom. The maximum atomic E-state index is 11.6. The molecule has 0 saturated carbocycles. The first-order chi connectivity index (χ1) is 6.05. The third-order valence-electron chi connectivity index (χ3n) is 2.67. The third kappa shape index (κ3) is 2.98. The summed E-state index contributed by atoms with van der Waals surface area (Å²) in [6, 6.07) is 0. The smallest absolute Gasteiger partial charge is 0.158 e. The lowest BCUT2D eigenvalue weighted by Gasteiger charge is -2.26. The van der Waals surface area contributed by atoms with E-state index in [1.807, 2.05) is 0 Å². The highest BCUT2D eigenvalue weighted by molar-refractivity contribution is 5.95. The summed E-state index contributed by atoms with van der Waals surface area (Å²) in [6.45, 7) is 6.49. The van der Waals surface area contributed by atoms with E-state index in [2.05, 4.69) is 26.8 Å². The topological polar surface area (TPSA) is 17.1 Å². The molecule has 0 aliphatic heterocycles. The van der Waals surface area contributed by atoms with E-state index in [0.717, 1.165) is 24.8 Å². The van der Waals surface area contributed by atoms with E-state index in [9.17, 15) is 4.79 Å². The van der Waals surface area contributed by atoms with E-state index in [1.54, 1.807) is 0 Å². The normalized spacial score (nSPS) is 21.0. The minimum absolute atomic E-state index is 0.247. The molecule has 0 spiro atoms. The number of rotatable bonds is 3. The van der Waals surface area contributed by atoms with Gasteiger partial charge in [-0.1, -0.05) is 26.8 Å². The fourth-order valence-corrected chi connectivity index (χ4v) is 1.96. The average Bonchev–Trinajstić information content (AvgIpc) is 2.03. The number of hydrogen-bond donors (Lipinski definition) is 0. The number of allylic oxidation sites excluding steroid dienone is 2. The molecular formula is C12H20O. The Bertz CT molecular complexity index is 223. The van der Waals surface area contributed by atoms with Crippen LogP contribution in [0.2, 0.25) is 0 Å². The minimum Gasteiger partial charge on any atom is -0.295 e. The van der Waals surface area contributed by atoms with E-state index < -0.39 is 0 Å². The zero-order chi connectivity index (χ0) is 9.90. The van der Waals surface area contributed by atoms with Gasteiger partial charge in [0.05, 0.1) is 0 Å². The lowest BCUT2D eigenvalue weighted by Crippen LogP contribution is -2.16. The first-order valence-corrected chi connectivity index (χ1v) is 5.30. The second-order valence-corrected chi connectivity index (χ2v) is 4.68. The summed E-state index contributed by atoms with van der Waals surface area (Å²) >= 11 is 0. The van der Waals surface area contributed by atoms with Crippen LogP contribution in [0, 0.1) is 5.41 Å². The van der Waals surface area contributed by atoms with Gasteiger partial charge in [-0.3, -0.25) is 4.79 Å². The van der Waals surface area contributed by atoms with Crippen molar-refractivity contribution < 1.29 is 4.79 Å². The molecule has 74 valence electrons. The molecule has 1 nitrogen and oxygen atoms in total. The fourth-order valence-electron chi connectivity index (χ4n) is 1.96. The van der Waals surface area contributed by atoms with Gasteiger partial charge in [0.2, 0.25) is 0 Å². The van der Waals surface area contributed by atoms with Crippen LogP contribution in [0.25, 0.3) is 0 Å². The van der Waals surface area contributed by atoms with Crippen LogP contribution < -0.4 is 0 Å². The molecule has 0 aromatic rings. The van der Waals surface area contributed by atoms with Crippen LogP contribution >= 0.6 is 0 Å². The lowest BCUT2D eigenvalue weighted by atomic mass is 9.78. The third-order valence-corrected chi connectivity index (χ3v) is 2.67. The summed E-state index contributed by atoms with van der Waals surface area (Å²) in [4.78, 5) is 11.6. The maximum Gasteiger partial charge on any atom is 0.158 e. The molecule has 0 amide bonds. The van der Waals surface area contributed by atoms with Crippen LogP contribution in [0.15, 0.2) is 11.6 Å². The van der Waals surface area contributed by atoms with Crippen molar-refractivity contribution in [2.75, 3.05) is 0 Å². The van der Waals surface area contributed by atoms with Gasteiger partial charge < -0.3 is 0 Å². The summed E-state index contributed by atoms with van der Waals surface area (Å²) in [7, 11) is 0. The number of hydrogen-bond acceptors (Lipinski definition) is 1. The predicted octanol–water partition coefficient (Wildman–Crippen LogP) is 3.49. The number of ketones is 1. The van der Waals surface area contributed by atoms with E-state index in [1.165, 1.54) is 12.8 Å². The molecule has 0 fully saturated rings. The van der Waals surface area contributed by atoms with Gasteiger partial charge in [-0.05, 0) is 36.7 Å². The minimum atomic E-state index is 0.247. The van der Waals surface area contributed by atoms with Crippen molar-refractivity contribution in [1.82, 2.24) is 0 Å². The molecule has 1 rings (SSSR count). The molecule has 13 heavy (non-hydrogen) atoms. The summed E-state index contributed by atoms with van der Waals surface area (Å²) in [5, 5.41) is 0. The SMILES string of the molecule is CCCC(=O)C1=CC(C)(C)CCC1. The van der Waals surface area contributed by atoms with Gasteiger partial charge in [-0.25, -0.2) is 0 Å². The van der Waals surface area contributed by atoms with Gasteiger partial charge in [-0.2, -0.15) is 0 Å². The quantitative estimate of drug-likeness (QED) is 0.649.